The summed E-state index contributed by atoms with van der Waals surface area (Å²) in [5, 5.41) is 24.4. The van der Waals surface area contributed by atoms with Crippen molar-refractivity contribution in [3.63, 3.8) is 0 Å². The Morgan fingerprint density at radius 3 is 2.90 bits per heavy atom. The molecule has 1 amide bonds. The van der Waals surface area contributed by atoms with Crippen molar-refractivity contribution in [1.82, 2.24) is 0 Å². The number of nitro groups is 1. The molecule has 21 heavy (non-hydrogen) atoms. The van der Waals surface area contributed by atoms with Gasteiger partial charge in [0.15, 0.2) is 5.75 Å². The lowest BCUT2D eigenvalue weighted by Crippen LogP contribution is -2.12. The van der Waals surface area contributed by atoms with Crippen molar-refractivity contribution >= 4 is 28.6 Å². The smallest absolute Gasteiger partial charge is 0.312 e. The number of nitrogens with one attached hydrogen (secondary N) is 1. The second-order valence-electron chi connectivity index (χ2n) is 4.12. The molecular weight excluding hydrogens is 296 g/mol. The standard InChI is InChI=1S/C13H12N2O5S/c1-20-7-8-4-5-21-12(8)13(17)14-9-2-3-11(16)10(6-9)15(18)19/h2-6,16H,7H2,1H3,(H,14,17). The monoisotopic (exact) mass is 308 g/mol. The predicted molar refractivity (Wildman–Crippen MR) is 77.7 cm³/mol. The topological polar surface area (TPSA) is 102 Å². The van der Waals surface area contributed by atoms with Gasteiger partial charge in [-0.15, -0.1) is 11.3 Å². The van der Waals surface area contributed by atoms with Crippen LogP contribution < -0.4 is 5.32 Å². The lowest BCUT2D eigenvalue weighted by molar-refractivity contribution is -0.385. The number of methoxy groups -OCH3 is 1. The van der Waals surface area contributed by atoms with Crippen molar-refractivity contribution in [3.05, 3.63) is 50.2 Å². The van der Waals surface area contributed by atoms with Crippen molar-refractivity contribution in [3.8, 4) is 5.75 Å². The molecule has 0 saturated heterocycles. The molecule has 0 spiro atoms. The van der Waals surface area contributed by atoms with Gasteiger partial charge in [-0.3, -0.25) is 14.9 Å². The quantitative estimate of drug-likeness (QED) is 0.502. The molecule has 0 radical (unpaired) electrons. The third-order valence-electron chi connectivity index (χ3n) is 2.68. The van der Waals surface area contributed by atoms with Gasteiger partial charge >= 0.3 is 5.69 Å². The van der Waals surface area contributed by atoms with Crippen LogP contribution in [0.1, 0.15) is 15.2 Å². The minimum absolute atomic E-state index is 0.237. The average molecular weight is 308 g/mol. The minimum Gasteiger partial charge on any atom is -0.502 e. The number of amides is 1. The lowest BCUT2D eigenvalue weighted by Gasteiger charge is -2.06. The fraction of sp³-hybridized carbons (Fsp3) is 0.154. The molecule has 1 aromatic carbocycles. The number of anilines is 1. The van der Waals surface area contributed by atoms with Crippen LogP contribution in [0.25, 0.3) is 0 Å². The molecule has 7 nitrogen and oxygen atoms in total. The third-order valence-corrected chi connectivity index (χ3v) is 3.64. The second-order valence-corrected chi connectivity index (χ2v) is 5.04. The van der Waals surface area contributed by atoms with Crippen molar-refractivity contribution in [2.45, 2.75) is 6.61 Å². The van der Waals surface area contributed by atoms with E-state index in [1.165, 1.54) is 24.5 Å². The van der Waals surface area contributed by atoms with Gasteiger partial charge in [-0.1, -0.05) is 0 Å². The van der Waals surface area contributed by atoms with Gasteiger partial charge in [-0.05, 0) is 23.6 Å². The van der Waals surface area contributed by atoms with Gasteiger partial charge in [0, 0.05) is 24.4 Å². The first-order valence-corrected chi connectivity index (χ1v) is 6.75. The van der Waals surface area contributed by atoms with Gasteiger partial charge in [0.05, 0.1) is 16.4 Å². The highest BCUT2D eigenvalue weighted by Gasteiger charge is 2.17. The van der Waals surface area contributed by atoms with Gasteiger partial charge < -0.3 is 15.2 Å². The van der Waals surface area contributed by atoms with Gasteiger partial charge in [-0.25, -0.2) is 0 Å². The Morgan fingerprint density at radius 1 is 1.48 bits per heavy atom. The van der Waals surface area contributed by atoms with Gasteiger partial charge in [-0.2, -0.15) is 0 Å². The highest BCUT2D eigenvalue weighted by Crippen LogP contribution is 2.29. The van der Waals surface area contributed by atoms with E-state index < -0.39 is 16.4 Å². The predicted octanol–water partition coefficient (Wildman–Crippen LogP) is 2.76. The van der Waals surface area contributed by atoms with Crippen LogP contribution in [0.4, 0.5) is 11.4 Å². The molecule has 0 aliphatic rings. The number of nitrogens with zero attached hydrogens (tertiary/aromatic N) is 1. The van der Waals surface area contributed by atoms with Crippen LogP contribution in [0.3, 0.4) is 0 Å². The van der Waals surface area contributed by atoms with Crippen LogP contribution in [0, 0.1) is 10.1 Å². The molecule has 1 aromatic heterocycles. The first kappa shape index (κ1) is 14.9. The number of benzene rings is 1. The number of phenols is 1. The van der Waals surface area contributed by atoms with Crippen LogP contribution in [0.5, 0.6) is 5.75 Å². The summed E-state index contributed by atoms with van der Waals surface area (Å²) in [6.45, 7) is 0.308. The fourth-order valence-electron chi connectivity index (χ4n) is 1.74. The summed E-state index contributed by atoms with van der Waals surface area (Å²) in [5.74, 6) is -0.828. The molecule has 110 valence electrons. The number of carbonyl (C=O) groups is 1. The molecule has 0 aliphatic heterocycles. The molecule has 0 bridgehead atoms. The van der Waals surface area contributed by atoms with Gasteiger partial charge in [0.1, 0.15) is 0 Å². The molecule has 0 atom stereocenters. The molecule has 2 aromatic rings. The molecule has 8 heteroatoms. The molecule has 2 rings (SSSR count). The Bertz CT molecular complexity index is 683. The highest BCUT2D eigenvalue weighted by molar-refractivity contribution is 7.12. The third kappa shape index (κ3) is 3.36. The van der Waals surface area contributed by atoms with Crippen LogP contribution in [-0.2, 0) is 11.3 Å². The lowest BCUT2D eigenvalue weighted by atomic mass is 10.2. The Balaban J connectivity index is 2.21. The van der Waals surface area contributed by atoms with Crippen molar-refractivity contribution in [2.24, 2.45) is 0 Å². The zero-order valence-electron chi connectivity index (χ0n) is 11.0. The van der Waals surface area contributed by atoms with Gasteiger partial charge in [0.25, 0.3) is 5.91 Å². The number of phenolic OH excluding ortho intramolecular Hbond substituents is 1. The van der Waals surface area contributed by atoms with Crippen LogP contribution in [0.15, 0.2) is 29.6 Å². The van der Waals surface area contributed by atoms with Crippen molar-refractivity contribution in [2.75, 3.05) is 12.4 Å². The summed E-state index contributed by atoms with van der Waals surface area (Å²) in [4.78, 5) is 22.7. The van der Waals surface area contributed by atoms with E-state index in [9.17, 15) is 20.0 Å². The van der Waals surface area contributed by atoms with E-state index in [2.05, 4.69) is 5.32 Å². The Labute approximate surface area is 123 Å². The van der Waals surface area contributed by atoms with E-state index in [0.29, 0.717) is 11.5 Å². The molecule has 0 fully saturated rings. The summed E-state index contributed by atoms with van der Waals surface area (Å²) in [6, 6.07) is 5.45. The molecule has 0 aliphatic carbocycles. The number of rotatable bonds is 5. The molecule has 2 N–H and O–H groups in total. The second kappa shape index (κ2) is 6.33. The van der Waals surface area contributed by atoms with Crippen molar-refractivity contribution in [1.29, 1.82) is 0 Å². The Hall–Kier alpha value is -2.45. The van der Waals surface area contributed by atoms with E-state index in [1.54, 1.807) is 11.4 Å². The number of thiophene rings is 1. The largest absolute Gasteiger partial charge is 0.502 e. The number of nitro benzene ring substituents is 1. The number of hydrogen-bond donors (Lipinski definition) is 2. The molecule has 0 unspecified atom stereocenters. The van der Waals surface area contributed by atoms with E-state index in [-0.39, 0.29) is 11.6 Å². The summed E-state index contributed by atoms with van der Waals surface area (Å²) >= 11 is 1.26. The maximum absolute atomic E-state index is 12.1. The number of carbonyl (C=O) groups excluding carboxylic acids is 1. The van der Waals surface area contributed by atoms with Crippen molar-refractivity contribution < 1.29 is 19.6 Å². The number of ether oxygens (including phenoxy) is 1. The van der Waals surface area contributed by atoms with Crippen LogP contribution in [0.2, 0.25) is 0 Å². The SMILES string of the molecule is COCc1ccsc1C(=O)Nc1ccc(O)c([N+](=O)[O-])c1. The summed E-state index contributed by atoms with van der Waals surface area (Å²) in [6.07, 6.45) is 0. The zero-order valence-corrected chi connectivity index (χ0v) is 11.8. The maximum Gasteiger partial charge on any atom is 0.312 e. The van der Waals surface area contributed by atoms with E-state index in [0.717, 1.165) is 17.7 Å². The highest BCUT2D eigenvalue weighted by atomic mass is 32.1. The van der Waals surface area contributed by atoms with E-state index >= 15 is 0 Å². The zero-order chi connectivity index (χ0) is 15.4. The number of hydrogen-bond acceptors (Lipinski definition) is 6. The normalized spacial score (nSPS) is 10.3. The van der Waals surface area contributed by atoms with E-state index in [1.807, 2.05) is 0 Å². The first-order valence-electron chi connectivity index (χ1n) is 5.87. The average Bonchev–Trinajstić information content (AvgIpc) is 2.89. The van der Waals surface area contributed by atoms with Crippen LogP contribution in [-0.4, -0.2) is 23.0 Å². The molecule has 1 heterocycles. The van der Waals surface area contributed by atoms with E-state index in [4.69, 9.17) is 4.74 Å². The minimum atomic E-state index is -0.716. The van der Waals surface area contributed by atoms with Crippen LogP contribution >= 0.6 is 11.3 Å². The maximum atomic E-state index is 12.1. The fourth-order valence-corrected chi connectivity index (χ4v) is 2.54. The summed E-state index contributed by atoms with van der Waals surface area (Å²) < 4.78 is 5.00. The summed E-state index contributed by atoms with van der Waals surface area (Å²) in [7, 11) is 1.53. The van der Waals surface area contributed by atoms with Gasteiger partial charge in [0.2, 0.25) is 0 Å². The summed E-state index contributed by atoms with van der Waals surface area (Å²) in [5.41, 5.74) is 0.519. The number of aromatic hydroxyl groups is 1. The molecular formula is C13H12N2O5S. The Morgan fingerprint density at radius 2 is 2.24 bits per heavy atom. The first-order chi connectivity index (χ1) is 10.0. The Kier molecular flexibility index (Phi) is 4.51. The molecule has 0 saturated carbocycles.